The Balaban J connectivity index is 1.51. The van der Waals surface area contributed by atoms with Crippen LogP contribution in [0.3, 0.4) is 0 Å². The fraction of sp³-hybridized carbons (Fsp3) is 0.267. The molecule has 8 heteroatoms. The number of thioether (sulfide) groups is 1. The van der Waals surface area contributed by atoms with Gasteiger partial charge >= 0.3 is 0 Å². The van der Waals surface area contributed by atoms with E-state index in [1.54, 1.807) is 6.92 Å². The Labute approximate surface area is 231 Å². The van der Waals surface area contributed by atoms with Gasteiger partial charge in [0, 0.05) is 28.6 Å². The van der Waals surface area contributed by atoms with Crippen molar-refractivity contribution < 1.29 is 9.59 Å². The van der Waals surface area contributed by atoms with Crippen molar-refractivity contribution in [2.75, 3.05) is 16.4 Å². The van der Waals surface area contributed by atoms with Gasteiger partial charge in [0.25, 0.3) is 5.91 Å². The van der Waals surface area contributed by atoms with E-state index < -0.39 is 11.8 Å². The Morgan fingerprint density at radius 1 is 1.05 bits per heavy atom. The maximum absolute atomic E-state index is 13.4. The van der Waals surface area contributed by atoms with Crippen LogP contribution in [0.2, 0.25) is 0 Å². The number of hydrogen-bond acceptors (Lipinski definition) is 6. The molecule has 2 N–H and O–H groups in total. The molecule has 194 valence electrons. The number of nitrogens with zero attached hydrogens (tertiary/aromatic N) is 2. The minimum atomic E-state index is -0.680. The Kier molecular flexibility index (Phi) is 9.52. The molecule has 0 aliphatic carbocycles. The highest BCUT2D eigenvalue weighted by Gasteiger charge is 2.39. The molecule has 3 aromatic rings. The molecule has 2 amide bonds. The summed E-state index contributed by atoms with van der Waals surface area (Å²) in [6.07, 6.45) is 3.31. The fourth-order valence-electron chi connectivity index (χ4n) is 4.39. The average Bonchev–Trinajstić information content (AvgIpc) is 3.46. The van der Waals surface area contributed by atoms with Crippen molar-refractivity contribution in [2.45, 2.75) is 39.0 Å². The molecule has 4 rings (SSSR count). The molecule has 2 aromatic carbocycles. The number of anilines is 2. The van der Waals surface area contributed by atoms with Crippen molar-refractivity contribution in [1.29, 1.82) is 5.26 Å². The van der Waals surface area contributed by atoms with Gasteiger partial charge in [-0.25, -0.2) is 4.99 Å². The van der Waals surface area contributed by atoms with Gasteiger partial charge in [-0.1, -0.05) is 55.4 Å². The largest absolute Gasteiger partial charge is 0.325 e. The van der Waals surface area contributed by atoms with E-state index in [0.29, 0.717) is 22.0 Å². The average molecular weight is 543 g/mol. The van der Waals surface area contributed by atoms with Crippen molar-refractivity contribution in [3.8, 4) is 6.07 Å². The molecule has 0 bridgehead atoms. The van der Waals surface area contributed by atoms with Crippen LogP contribution >= 0.6 is 23.1 Å². The van der Waals surface area contributed by atoms with Gasteiger partial charge in [0.1, 0.15) is 5.92 Å². The van der Waals surface area contributed by atoms with E-state index in [0.717, 1.165) is 30.5 Å². The minimum absolute atomic E-state index is 0.115. The number of rotatable bonds is 9. The highest BCUT2D eigenvalue weighted by atomic mass is 32.2. The standard InChI is InChI=1S/C30H30N4O2S2/c1-3-4-8-21-11-13-24(14-12-21)33-26(35)19-38-30-25(17-31)28(22-15-16-37-18-22)27(20(2)32-30)29(36)34-23-9-6-5-7-10-23/h5-7,9-16,18,25,28H,3-4,8,19H2,1-2H3,(H,33,35)(H,34,36). The number of allylic oxidation sites excluding steroid dienone is 1. The summed E-state index contributed by atoms with van der Waals surface area (Å²) in [5.74, 6) is -1.49. The topological polar surface area (TPSA) is 94.3 Å². The maximum Gasteiger partial charge on any atom is 0.254 e. The Morgan fingerprint density at radius 3 is 2.45 bits per heavy atom. The van der Waals surface area contributed by atoms with Gasteiger partial charge in [-0.2, -0.15) is 16.6 Å². The van der Waals surface area contributed by atoms with Crippen LogP contribution < -0.4 is 10.6 Å². The summed E-state index contributed by atoms with van der Waals surface area (Å²) in [7, 11) is 0. The first-order valence-electron chi connectivity index (χ1n) is 12.6. The number of hydrogen-bond donors (Lipinski definition) is 2. The number of aryl methyl sites for hydroxylation is 1. The molecule has 0 saturated carbocycles. The second-order valence-electron chi connectivity index (χ2n) is 9.05. The predicted molar refractivity (Wildman–Crippen MR) is 158 cm³/mol. The molecule has 2 heterocycles. The zero-order valence-corrected chi connectivity index (χ0v) is 23.1. The number of carbonyl (C=O) groups is 2. The predicted octanol–water partition coefficient (Wildman–Crippen LogP) is 7.01. The highest BCUT2D eigenvalue weighted by molar-refractivity contribution is 8.14. The van der Waals surface area contributed by atoms with Crippen LogP contribution in [-0.2, 0) is 16.0 Å². The lowest BCUT2D eigenvalue weighted by atomic mass is 9.79. The van der Waals surface area contributed by atoms with Crippen LogP contribution in [0, 0.1) is 17.2 Å². The Morgan fingerprint density at radius 2 is 1.79 bits per heavy atom. The molecule has 0 spiro atoms. The smallest absolute Gasteiger partial charge is 0.254 e. The summed E-state index contributed by atoms with van der Waals surface area (Å²) in [6.45, 7) is 3.95. The molecular formula is C30H30N4O2S2. The molecular weight excluding hydrogens is 512 g/mol. The van der Waals surface area contributed by atoms with Gasteiger partial charge in [0.15, 0.2) is 0 Å². The summed E-state index contributed by atoms with van der Waals surface area (Å²) in [5, 5.41) is 20.5. The number of nitriles is 1. The minimum Gasteiger partial charge on any atom is -0.325 e. The third-order valence-electron chi connectivity index (χ3n) is 6.30. The van der Waals surface area contributed by atoms with E-state index >= 15 is 0 Å². The SMILES string of the molecule is CCCCc1ccc(NC(=O)CSC2=NC(C)=C(C(=O)Nc3ccccc3)C(c3ccsc3)C2C#N)cc1. The Hall–Kier alpha value is -3.67. The molecule has 1 aromatic heterocycles. The Bertz CT molecular complexity index is 1360. The molecule has 0 radical (unpaired) electrons. The first kappa shape index (κ1) is 27.4. The van der Waals surface area contributed by atoms with E-state index in [2.05, 4.69) is 28.6 Å². The van der Waals surface area contributed by atoms with E-state index in [9.17, 15) is 14.9 Å². The third kappa shape index (κ3) is 6.80. The second kappa shape index (κ2) is 13.2. The van der Waals surface area contributed by atoms with Crippen LogP contribution in [0.5, 0.6) is 0 Å². The summed E-state index contributed by atoms with van der Waals surface area (Å²) in [5.41, 5.74) is 4.57. The van der Waals surface area contributed by atoms with Gasteiger partial charge in [-0.05, 0) is 72.0 Å². The first-order chi connectivity index (χ1) is 18.5. The number of thiophene rings is 1. The number of para-hydroxylation sites is 1. The number of carbonyl (C=O) groups excluding carboxylic acids is 2. The molecule has 1 aliphatic rings. The van der Waals surface area contributed by atoms with Crippen molar-refractivity contribution in [3.05, 3.63) is 93.8 Å². The molecule has 2 unspecified atom stereocenters. The summed E-state index contributed by atoms with van der Waals surface area (Å²) in [4.78, 5) is 30.8. The molecule has 1 aliphatic heterocycles. The number of amides is 2. The number of unbranched alkanes of at least 4 members (excludes halogenated alkanes) is 1. The summed E-state index contributed by atoms with van der Waals surface area (Å²) < 4.78 is 0. The van der Waals surface area contributed by atoms with Crippen molar-refractivity contribution in [1.82, 2.24) is 0 Å². The molecule has 2 atom stereocenters. The molecule has 0 fully saturated rings. The quantitative estimate of drug-likeness (QED) is 0.304. The van der Waals surface area contributed by atoms with E-state index in [1.807, 2.05) is 71.4 Å². The molecule has 0 saturated heterocycles. The normalized spacial score (nSPS) is 16.9. The second-order valence-corrected chi connectivity index (χ2v) is 10.8. The zero-order valence-electron chi connectivity index (χ0n) is 21.4. The van der Waals surface area contributed by atoms with E-state index in [4.69, 9.17) is 0 Å². The zero-order chi connectivity index (χ0) is 26.9. The lowest BCUT2D eigenvalue weighted by Gasteiger charge is -2.29. The number of nitrogens with one attached hydrogen (secondary N) is 2. The van der Waals surface area contributed by atoms with Crippen LogP contribution in [0.25, 0.3) is 0 Å². The lowest BCUT2D eigenvalue weighted by Crippen LogP contribution is -2.31. The van der Waals surface area contributed by atoms with E-state index in [1.165, 1.54) is 28.7 Å². The van der Waals surface area contributed by atoms with Crippen molar-refractivity contribution in [2.24, 2.45) is 10.9 Å². The first-order valence-corrected chi connectivity index (χ1v) is 14.5. The maximum atomic E-state index is 13.4. The van der Waals surface area contributed by atoms with Gasteiger partial charge in [0.05, 0.1) is 16.9 Å². The summed E-state index contributed by atoms with van der Waals surface area (Å²) >= 11 is 2.76. The third-order valence-corrected chi connectivity index (χ3v) is 8.05. The van der Waals surface area contributed by atoms with Gasteiger partial charge < -0.3 is 10.6 Å². The van der Waals surface area contributed by atoms with Crippen LogP contribution in [0.1, 0.15) is 43.7 Å². The van der Waals surface area contributed by atoms with Crippen LogP contribution in [0.15, 0.2) is 87.7 Å². The highest BCUT2D eigenvalue weighted by Crippen LogP contribution is 2.42. The van der Waals surface area contributed by atoms with Crippen molar-refractivity contribution >= 4 is 51.3 Å². The molecule has 38 heavy (non-hydrogen) atoms. The monoisotopic (exact) mass is 542 g/mol. The van der Waals surface area contributed by atoms with Crippen molar-refractivity contribution in [3.63, 3.8) is 0 Å². The van der Waals surface area contributed by atoms with Gasteiger partial charge in [0.2, 0.25) is 5.91 Å². The van der Waals surface area contributed by atoms with E-state index in [-0.39, 0.29) is 17.6 Å². The van der Waals surface area contributed by atoms with Crippen LogP contribution in [-0.4, -0.2) is 22.6 Å². The lowest BCUT2D eigenvalue weighted by molar-refractivity contribution is -0.114. The summed E-state index contributed by atoms with van der Waals surface area (Å²) in [6, 6.07) is 21.4. The van der Waals surface area contributed by atoms with Gasteiger partial charge in [-0.15, -0.1) is 0 Å². The van der Waals surface area contributed by atoms with Crippen LogP contribution in [0.4, 0.5) is 11.4 Å². The van der Waals surface area contributed by atoms with Gasteiger partial charge in [-0.3, -0.25) is 9.59 Å². The number of benzene rings is 2. The molecule has 6 nitrogen and oxygen atoms in total. The fourth-order valence-corrected chi connectivity index (χ4v) is 6.01. The number of aliphatic imine (C=N–C) groups is 1.